The van der Waals surface area contributed by atoms with Crippen LogP contribution in [0.4, 0.5) is 17.6 Å². The number of halogens is 5. The monoisotopic (exact) mass is 559 g/mol. The number of aliphatic hydroxyl groups is 1. The number of aromatic carboxylic acids is 1. The first-order chi connectivity index (χ1) is 17.7. The number of hydrogen-bond acceptors (Lipinski definition) is 6. The Morgan fingerprint density at radius 1 is 1.11 bits per heavy atom. The van der Waals surface area contributed by atoms with Crippen molar-refractivity contribution in [2.45, 2.75) is 31.5 Å². The molecule has 1 aromatic heterocycles. The molecule has 0 spiro atoms. The molecule has 2 aromatic carbocycles. The zero-order chi connectivity index (χ0) is 28.2. The van der Waals surface area contributed by atoms with Gasteiger partial charge in [-0.15, -0.1) is 13.2 Å². The summed E-state index contributed by atoms with van der Waals surface area (Å²) in [6.07, 6.45) is -7.38. The van der Waals surface area contributed by atoms with E-state index in [0.717, 1.165) is 16.8 Å². The maximum absolute atomic E-state index is 14.1. The minimum absolute atomic E-state index is 0.00696. The van der Waals surface area contributed by atoms with Crippen LogP contribution in [0.2, 0.25) is 5.02 Å². The first kappa shape index (κ1) is 28.4. The normalized spacial score (nSPS) is 13.0. The van der Waals surface area contributed by atoms with Gasteiger partial charge in [-0.2, -0.15) is 5.10 Å². The van der Waals surface area contributed by atoms with Crippen molar-refractivity contribution < 1.29 is 52.0 Å². The van der Waals surface area contributed by atoms with Gasteiger partial charge in [0.05, 0.1) is 12.6 Å². The van der Waals surface area contributed by atoms with Crippen molar-refractivity contribution in [3.63, 3.8) is 0 Å². The summed E-state index contributed by atoms with van der Waals surface area (Å²) in [7, 11) is 0. The topological polar surface area (TPSA) is 151 Å². The Hall–Kier alpha value is -4.17. The fraction of sp³-hybridized carbons (Fsp3) is 0.217. The Bertz CT molecular complexity index is 1360. The van der Waals surface area contributed by atoms with Gasteiger partial charge >= 0.3 is 18.3 Å². The fourth-order valence-electron chi connectivity index (χ4n) is 3.40. The van der Waals surface area contributed by atoms with E-state index in [1.807, 2.05) is 0 Å². The largest absolute Gasteiger partial charge is 0.573 e. The van der Waals surface area contributed by atoms with E-state index >= 15 is 0 Å². The molecule has 38 heavy (non-hydrogen) atoms. The molecule has 202 valence electrons. The molecule has 1 amide bonds. The van der Waals surface area contributed by atoms with Crippen LogP contribution >= 0.6 is 11.6 Å². The molecule has 10 nitrogen and oxygen atoms in total. The van der Waals surface area contributed by atoms with E-state index in [1.165, 1.54) is 6.07 Å². The molecule has 15 heteroatoms. The number of aliphatic carboxylic acids is 1. The Morgan fingerprint density at radius 3 is 2.37 bits per heavy atom. The number of alkyl halides is 3. The van der Waals surface area contributed by atoms with Gasteiger partial charge in [0.2, 0.25) is 0 Å². The van der Waals surface area contributed by atoms with Crippen LogP contribution in [-0.2, 0) is 17.8 Å². The Morgan fingerprint density at radius 2 is 1.79 bits per heavy atom. The minimum atomic E-state index is -5.12. The first-order valence-electron chi connectivity index (χ1n) is 10.6. The zero-order valence-corrected chi connectivity index (χ0v) is 19.7. The van der Waals surface area contributed by atoms with Gasteiger partial charge in [-0.1, -0.05) is 35.9 Å². The number of amides is 1. The van der Waals surface area contributed by atoms with Crippen molar-refractivity contribution in [1.29, 1.82) is 0 Å². The molecule has 0 aliphatic rings. The van der Waals surface area contributed by atoms with Crippen molar-refractivity contribution in [3.05, 3.63) is 81.9 Å². The molecule has 0 aliphatic heterocycles. The number of aromatic nitrogens is 2. The first-order valence-corrected chi connectivity index (χ1v) is 10.9. The lowest BCUT2D eigenvalue weighted by molar-refractivity contribution is -0.275. The lowest BCUT2D eigenvalue weighted by Gasteiger charge is -2.21. The van der Waals surface area contributed by atoms with Gasteiger partial charge in [-0.3, -0.25) is 9.48 Å². The molecule has 1 heterocycles. The molecule has 0 fully saturated rings. The molecule has 3 rings (SSSR count). The minimum Gasteiger partial charge on any atom is -0.479 e. The maximum Gasteiger partial charge on any atom is 0.573 e. The predicted molar refractivity (Wildman–Crippen MR) is 121 cm³/mol. The number of benzene rings is 2. The van der Waals surface area contributed by atoms with Gasteiger partial charge in [0.25, 0.3) is 5.91 Å². The second-order valence-corrected chi connectivity index (χ2v) is 8.26. The molecule has 0 radical (unpaired) electrons. The van der Waals surface area contributed by atoms with Crippen molar-refractivity contribution in [1.82, 2.24) is 15.1 Å². The van der Waals surface area contributed by atoms with Crippen molar-refractivity contribution in [2.24, 2.45) is 0 Å². The van der Waals surface area contributed by atoms with Crippen molar-refractivity contribution >= 4 is 29.4 Å². The van der Waals surface area contributed by atoms with Crippen LogP contribution in [0, 0.1) is 5.82 Å². The zero-order valence-electron chi connectivity index (χ0n) is 18.9. The van der Waals surface area contributed by atoms with E-state index in [0.29, 0.717) is 17.7 Å². The smallest absolute Gasteiger partial charge is 0.479 e. The number of rotatable bonds is 10. The van der Waals surface area contributed by atoms with Gasteiger partial charge in [0.1, 0.15) is 5.69 Å². The Labute approximate surface area is 216 Å². The summed E-state index contributed by atoms with van der Waals surface area (Å²) >= 11 is 6.08. The average Bonchev–Trinajstić information content (AvgIpc) is 3.24. The Balaban J connectivity index is 1.85. The van der Waals surface area contributed by atoms with E-state index in [1.54, 1.807) is 18.2 Å². The second kappa shape index (κ2) is 11.5. The molecule has 3 aromatic rings. The van der Waals surface area contributed by atoms with Crippen LogP contribution in [0.3, 0.4) is 0 Å². The van der Waals surface area contributed by atoms with Gasteiger partial charge in [-0.05, 0) is 35.7 Å². The number of hydrogen-bond donors (Lipinski definition) is 4. The van der Waals surface area contributed by atoms with E-state index in [-0.39, 0.29) is 17.0 Å². The number of nitrogens with zero attached hydrogens (tertiary/aromatic N) is 2. The fourth-order valence-corrected chi connectivity index (χ4v) is 3.61. The second-order valence-electron chi connectivity index (χ2n) is 7.85. The van der Waals surface area contributed by atoms with Crippen LogP contribution < -0.4 is 10.1 Å². The van der Waals surface area contributed by atoms with Gasteiger partial charge < -0.3 is 25.4 Å². The number of carboxylic acids is 2. The molecule has 0 aliphatic carbocycles. The highest BCUT2D eigenvalue weighted by Gasteiger charge is 2.33. The highest BCUT2D eigenvalue weighted by Crippen LogP contribution is 2.26. The summed E-state index contributed by atoms with van der Waals surface area (Å²) in [6.45, 7) is -0.459. The lowest BCUT2D eigenvalue weighted by atomic mass is 10.0. The molecule has 2 atom stereocenters. The number of ether oxygens (including phenoxy) is 1. The number of carbonyl (C=O) groups excluding carboxylic acids is 1. The van der Waals surface area contributed by atoms with Gasteiger partial charge in [0.15, 0.2) is 23.4 Å². The third-order valence-electron chi connectivity index (χ3n) is 5.13. The Kier molecular flexibility index (Phi) is 8.58. The quantitative estimate of drug-likeness (QED) is 0.277. The van der Waals surface area contributed by atoms with E-state index in [2.05, 4.69) is 15.2 Å². The third-order valence-corrected chi connectivity index (χ3v) is 5.50. The SMILES string of the molecule is O=C(N[C@H](Cc1ccccc1Cl)[C@@H](O)C(=O)O)c1cc(C(=O)O)n(Cc2ccc(OC(F)(F)F)c(F)c2)n1. The number of aliphatic hydroxyl groups excluding tert-OH is 1. The lowest BCUT2D eigenvalue weighted by Crippen LogP contribution is -2.48. The summed E-state index contributed by atoms with van der Waals surface area (Å²) in [5.41, 5.74) is -0.613. The molecular weight excluding hydrogens is 542 g/mol. The van der Waals surface area contributed by atoms with Gasteiger partial charge in [-0.25, -0.2) is 14.0 Å². The summed E-state index contributed by atoms with van der Waals surface area (Å²) in [4.78, 5) is 35.9. The molecule has 0 saturated heterocycles. The van der Waals surface area contributed by atoms with Crippen LogP contribution in [0.1, 0.15) is 32.1 Å². The standard InChI is InChI=1S/C23H18ClF4N3O7/c24-13-4-2-1-3-12(13)8-15(19(32)22(36)37)29-20(33)16-9-17(21(34)35)31(30-16)10-11-5-6-18(14(25)7-11)38-23(26,27)28/h1-7,9,15,19,32H,8,10H2,(H,29,33)(H,34,35)(H,36,37)/t15-,19-/m1/s1. The van der Waals surface area contributed by atoms with Crippen LogP contribution in [0.5, 0.6) is 5.75 Å². The van der Waals surface area contributed by atoms with Crippen LogP contribution in [0.15, 0.2) is 48.5 Å². The molecule has 0 saturated carbocycles. The summed E-state index contributed by atoms with van der Waals surface area (Å²) < 4.78 is 55.4. The predicted octanol–water partition coefficient (Wildman–Crippen LogP) is 3.11. The maximum atomic E-state index is 14.1. The van der Waals surface area contributed by atoms with E-state index in [9.17, 15) is 47.3 Å². The molecule has 4 N–H and O–H groups in total. The van der Waals surface area contributed by atoms with E-state index in [4.69, 9.17) is 11.6 Å². The average molecular weight is 560 g/mol. The number of nitrogens with one attached hydrogen (secondary N) is 1. The van der Waals surface area contributed by atoms with Crippen molar-refractivity contribution in [2.75, 3.05) is 0 Å². The summed E-state index contributed by atoms with van der Waals surface area (Å²) in [5.74, 6) is -6.68. The number of carbonyl (C=O) groups is 3. The highest BCUT2D eigenvalue weighted by atomic mass is 35.5. The summed E-state index contributed by atoms with van der Waals surface area (Å²) in [6, 6.07) is 8.18. The molecule has 0 bridgehead atoms. The van der Waals surface area contributed by atoms with Gasteiger partial charge in [0, 0.05) is 11.1 Å². The highest BCUT2D eigenvalue weighted by molar-refractivity contribution is 6.31. The molecular formula is C23H18ClF4N3O7. The summed E-state index contributed by atoms with van der Waals surface area (Å²) in [5, 5.41) is 35.2. The van der Waals surface area contributed by atoms with Crippen LogP contribution in [0.25, 0.3) is 0 Å². The van der Waals surface area contributed by atoms with E-state index < -0.39 is 65.9 Å². The van der Waals surface area contributed by atoms with Crippen LogP contribution in [-0.4, -0.2) is 61.5 Å². The molecule has 0 unspecified atom stereocenters. The third kappa shape index (κ3) is 7.20. The van der Waals surface area contributed by atoms with Crippen molar-refractivity contribution in [3.8, 4) is 5.75 Å². The number of carboxylic acid groups (broad SMARTS) is 2.